The van der Waals surface area contributed by atoms with Gasteiger partial charge in [0.05, 0.1) is 0 Å². The molecule has 0 aromatic carbocycles. The summed E-state index contributed by atoms with van der Waals surface area (Å²) >= 11 is 0. The quantitative estimate of drug-likeness (QED) is 0.895. The lowest BCUT2D eigenvalue weighted by Gasteiger charge is -2.40. The van der Waals surface area contributed by atoms with Gasteiger partial charge in [0.25, 0.3) is 0 Å². The maximum Gasteiger partial charge on any atom is 0.323 e. The third-order valence-corrected chi connectivity index (χ3v) is 4.21. The number of hydrogen-bond donors (Lipinski definition) is 1. The van der Waals surface area contributed by atoms with Crippen molar-refractivity contribution in [2.24, 2.45) is 0 Å². The van der Waals surface area contributed by atoms with Gasteiger partial charge < -0.3 is 9.64 Å². The molecule has 6 heteroatoms. The molecule has 2 aliphatic heterocycles. The lowest BCUT2D eigenvalue weighted by molar-refractivity contribution is 0.0194. The predicted octanol–water partition coefficient (Wildman–Crippen LogP) is 1.41. The molecule has 0 bridgehead atoms. The first-order chi connectivity index (χ1) is 10.3. The molecule has 0 atom stereocenters. The van der Waals surface area contributed by atoms with Gasteiger partial charge in [-0.05, 0) is 25.0 Å². The summed E-state index contributed by atoms with van der Waals surface area (Å²) in [6.45, 7) is 5.17. The molecule has 0 radical (unpaired) electrons. The van der Waals surface area contributed by atoms with Crippen LogP contribution < -0.4 is 5.32 Å². The minimum absolute atomic E-state index is 0.0553. The summed E-state index contributed by atoms with van der Waals surface area (Å²) in [5.74, 6) is 0.606. The van der Waals surface area contributed by atoms with Gasteiger partial charge in [0.2, 0.25) is 0 Å². The second-order valence-electron chi connectivity index (χ2n) is 5.51. The maximum absolute atomic E-state index is 12.2. The zero-order valence-corrected chi connectivity index (χ0v) is 12.2. The first-order valence-corrected chi connectivity index (χ1v) is 7.62. The van der Waals surface area contributed by atoms with Crippen LogP contribution in [0.1, 0.15) is 12.8 Å². The molecule has 2 saturated heterocycles. The molecule has 0 spiro atoms. The number of anilines is 1. The van der Waals surface area contributed by atoms with Crippen molar-refractivity contribution in [3.63, 3.8) is 0 Å². The molecule has 0 aliphatic carbocycles. The van der Waals surface area contributed by atoms with Crippen LogP contribution in [0.15, 0.2) is 24.4 Å². The van der Waals surface area contributed by atoms with E-state index in [2.05, 4.69) is 15.2 Å². The van der Waals surface area contributed by atoms with Crippen LogP contribution in [0.5, 0.6) is 0 Å². The highest BCUT2D eigenvalue weighted by Gasteiger charge is 2.27. The molecule has 3 rings (SSSR count). The molecular weight excluding hydrogens is 268 g/mol. The van der Waals surface area contributed by atoms with Crippen LogP contribution in [0, 0.1) is 0 Å². The molecule has 114 valence electrons. The van der Waals surface area contributed by atoms with Gasteiger partial charge in [0.15, 0.2) is 0 Å². The van der Waals surface area contributed by atoms with Crippen LogP contribution in [0.4, 0.5) is 10.6 Å². The lowest BCUT2D eigenvalue weighted by Crippen LogP contribution is -2.53. The maximum atomic E-state index is 12.2. The van der Waals surface area contributed by atoms with Gasteiger partial charge in [0.1, 0.15) is 5.82 Å². The molecule has 1 aromatic rings. The summed E-state index contributed by atoms with van der Waals surface area (Å²) in [6, 6.07) is 6.07. The van der Waals surface area contributed by atoms with Crippen molar-refractivity contribution in [1.29, 1.82) is 0 Å². The van der Waals surface area contributed by atoms with Crippen molar-refractivity contribution >= 4 is 11.8 Å². The molecule has 2 amide bonds. The van der Waals surface area contributed by atoms with Gasteiger partial charge in [-0.3, -0.25) is 10.2 Å². The van der Waals surface area contributed by atoms with Crippen LogP contribution in [-0.2, 0) is 4.74 Å². The first-order valence-electron chi connectivity index (χ1n) is 7.62. The number of carbonyl (C=O) groups is 1. The van der Waals surface area contributed by atoms with Gasteiger partial charge >= 0.3 is 6.03 Å². The fourth-order valence-electron chi connectivity index (χ4n) is 2.97. The number of ether oxygens (including phenoxy) is 1. The van der Waals surface area contributed by atoms with Gasteiger partial charge in [-0.25, -0.2) is 9.78 Å². The topological polar surface area (TPSA) is 57.7 Å². The van der Waals surface area contributed by atoms with Gasteiger partial charge in [0, 0.05) is 51.6 Å². The zero-order valence-electron chi connectivity index (χ0n) is 12.2. The average Bonchev–Trinajstić information content (AvgIpc) is 2.57. The summed E-state index contributed by atoms with van der Waals surface area (Å²) in [4.78, 5) is 20.7. The molecule has 1 N–H and O–H groups in total. The average molecular weight is 290 g/mol. The SMILES string of the molecule is O=C(Nc1ccccn1)N1CCN(C2CCOCC2)CC1. The Kier molecular flexibility index (Phi) is 4.67. The Labute approximate surface area is 125 Å². The van der Waals surface area contributed by atoms with E-state index in [1.54, 1.807) is 12.3 Å². The first kappa shape index (κ1) is 14.3. The Morgan fingerprint density at radius 2 is 1.95 bits per heavy atom. The van der Waals surface area contributed by atoms with Crippen molar-refractivity contribution in [3.05, 3.63) is 24.4 Å². The second kappa shape index (κ2) is 6.87. The number of nitrogens with zero attached hydrogens (tertiary/aromatic N) is 3. The third-order valence-electron chi connectivity index (χ3n) is 4.21. The van der Waals surface area contributed by atoms with Crippen molar-refractivity contribution in [2.45, 2.75) is 18.9 Å². The van der Waals surface area contributed by atoms with E-state index >= 15 is 0 Å². The molecule has 6 nitrogen and oxygen atoms in total. The zero-order chi connectivity index (χ0) is 14.5. The Hall–Kier alpha value is -1.66. The number of hydrogen-bond acceptors (Lipinski definition) is 4. The fraction of sp³-hybridized carbons (Fsp3) is 0.600. The van der Waals surface area contributed by atoms with Crippen molar-refractivity contribution < 1.29 is 9.53 Å². The van der Waals surface area contributed by atoms with Crippen LogP contribution in [0.2, 0.25) is 0 Å². The minimum Gasteiger partial charge on any atom is -0.381 e. The number of piperazine rings is 1. The van der Waals surface area contributed by atoms with Crippen molar-refractivity contribution in [2.75, 3.05) is 44.7 Å². The Bertz CT molecular complexity index is 454. The Morgan fingerprint density at radius 1 is 1.19 bits per heavy atom. The molecule has 21 heavy (non-hydrogen) atoms. The van der Waals surface area contributed by atoms with Crippen LogP contribution >= 0.6 is 0 Å². The standard InChI is InChI=1S/C15H22N4O2/c20-15(17-14-3-1-2-6-16-14)19-9-7-18(8-10-19)13-4-11-21-12-5-13/h1-3,6,13H,4-5,7-12H2,(H,16,17,20). The van der Waals surface area contributed by atoms with E-state index in [9.17, 15) is 4.79 Å². The smallest absolute Gasteiger partial charge is 0.323 e. The predicted molar refractivity (Wildman–Crippen MR) is 80.2 cm³/mol. The summed E-state index contributed by atoms with van der Waals surface area (Å²) in [6.07, 6.45) is 3.90. The van der Waals surface area contributed by atoms with Gasteiger partial charge in [-0.15, -0.1) is 0 Å². The van der Waals surface area contributed by atoms with Crippen LogP contribution in [-0.4, -0.2) is 66.2 Å². The van der Waals surface area contributed by atoms with E-state index in [1.165, 1.54) is 0 Å². The summed E-state index contributed by atoms with van der Waals surface area (Å²) < 4.78 is 5.41. The molecule has 0 saturated carbocycles. The second-order valence-corrected chi connectivity index (χ2v) is 5.51. The highest BCUT2D eigenvalue weighted by atomic mass is 16.5. The van der Waals surface area contributed by atoms with E-state index in [0.29, 0.717) is 11.9 Å². The van der Waals surface area contributed by atoms with Crippen LogP contribution in [0.25, 0.3) is 0 Å². The van der Waals surface area contributed by atoms with E-state index in [1.807, 2.05) is 17.0 Å². The lowest BCUT2D eigenvalue weighted by atomic mass is 10.1. The van der Waals surface area contributed by atoms with E-state index in [4.69, 9.17) is 4.74 Å². The number of nitrogens with one attached hydrogen (secondary N) is 1. The summed E-state index contributed by atoms with van der Waals surface area (Å²) in [5.41, 5.74) is 0. The highest BCUT2D eigenvalue weighted by Crippen LogP contribution is 2.16. The van der Waals surface area contributed by atoms with E-state index in [-0.39, 0.29) is 6.03 Å². The van der Waals surface area contributed by atoms with Crippen molar-refractivity contribution in [1.82, 2.24) is 14.8 Å². The normalized spacial score (nSPS) is 21.2. The summed E-state index contributed by atoms with van der Waals surface area (Å²) in [5, 5.41) is 2.84. The van der Waals surface area contributed by atoms with Crippen molar-refractivity contribution in [3.8, 4) is 0 Å². The fourth-order valence-corrected chi connectivity index (χ4v) is 2.97. The number of amides is 2. The largest absolute Gasteiger partial charge is 0.381 e. The molecular formula is C15H22N4O2. The number of carbonyl (C=O) groups excluding carboxylic acids is 1. The van der Waals surface area contributed by atoms with Crippen LogP contribution in [0.3, 0.4) is 0 Å². The Morgan fingerprint density at radius 3 is 2.62 bits per heavy atom. The number of rotatable bonds is 2. The van der Waals surface area contributed by atoms with Gasteiger partial charge in [-0.2, -0.15) is 0 Å². The summed E-state index contributed by atoms with van der Waals surface area (Å²) in [7, 11) is 0. The van der Waals surface area contributed by atoms with E-state index < -0.39 is 0 Å². The van der Waals surface area contributed by atoms with E-state index in [0.717, 1.165) is 52.2 Å². The number of pyridine rings is 1. The number of aromatic nitrogens is 1. The molecule has 1 aromatic heterocycles. The molecule has 0 unspecified atom stereocenters. The highest BCUT2D eigenvalue weighted by molar-refractivity contribution is 5.88. The minimum atomic E-state index is -0.0553. The Balaban J connectivity index is 1.47. The third kappa shape index (κ3) is 3.71. The number of urea groups is 1. The molecule has 2 aliphatic rings. The molecule has 2 fully saturated rings. The monoisotopic (exact) mass is 290 g/mol. The molecule has 3 heterocycles. The van der Waals surface area contributed by atoms with Gasteiger partial charge in [-0.1, -0.05) is 6.07 Å².